The fraction of sp³-hybridized carbons (Fsp3) is 0.586. The molecule has 3 N–H and O–H groups in total. The van der Waals surface area contributed by atoms with E-state index in [0.29, 0.717) is 23.9 Å². The minimum absolute atomic E-state index is 0. The predicted molar refractivity (Wildman–Crippen MR) is 147 cm³/mol. The van der Waals surface area contributed by atoms with Gasteiger partial charge in [0.2, 0.25) is 0 Å². The third kappa shape index (κ3) is 5.78. The van der Waals surface area contributed by atoms with Crippen molar-refractivity contribution < 1.29 is 0 Å². The smallest absolute Gasteiger partial charge is 0.0180 e. The standard InChI is InChI=1S/C29H42N2.2ClH/c1-20(2)23-11-13-27-24(18-23)12-14-28-26(10-7-16-29(27,28)4)21(3)31-17-15-22-8-5-6-9-25(22)19-30;;/h5-6,8-9,11,13,18,20-21,26,28,31H,7,10,12,14-17,19,30H2,1-4H3;2*1H. The average molecular weight is 492 g/mol. The zero-order valence-electron chi connectivity index (χ0n) is 20.9. The molecule has 4 rings (SSSR count). The van der Waals surface area contributed by atoms with Crippen molar-refractivity contribution in [1.29, 1.82) is 0 Å². The molecular formula is C29H44Cl2N2. The molecule has 0 aromatic heterocycles. The van der Waals surface area contributed by atoms with Gasteiger partial charge in [-0.15, -0.1) is 24.8 Å². The molecule has 2 aliphatic carbocycles. The topological polar surface area (TPSA) is 38.0 Å². The van der Waals surface area contributed by atoms with Crippen LogP contribution in [0, 0.1) is 11.8 Å². The van der Waals surface area contributed by atoms with Crippen molar-refractivity contribution in [2.24, 2.45) is 17.6 Å². The highest BCUT2D eigenvalue weighted by atomic mass is 35.5. The molecule has 33 heavy (non-hydrogen) atoms. The number of nitrogens with one attached hydrogen (secondary N) is 1. The van der Waals surface area contributed by atoms with Gasteiger partial charge in [0.1, 0.15) is 0 Å². The van der Waals surface area contributed by atoms with Crippen molar-refractivity contribution >= 4 is 24.8 Å². The second-order valence-corrected chi connectivity index (χ2v) is 10.7. The fourth-order valence-electron chi connectivity index (χ4n) is 6.66. The lowest BCUT2D eigenvalue weighted by atomic mass is 9.53. The monoisotopic (exact) mass is 490 g/mol. The SMILES string of the molecule is CC(C)c1ccc2c(c1)CCC1C(C(C)NCCc3ccccc3CN)CCCC21C.Cl.Cl. The van der Waals surface area contributed by atoms with Crippen LogP contribution in [0.2, 0.25) is 0 Å². The van der Waals surface area contributed by atoms with Gasteiger partial charge in [-0.2, -0.15) is 0 Å². The molecule has 2 aromatic carbocycles. The van der Waals surface area contributed by atoms with Crippen molar-refractivity contribution in [2.75, 3.05) is 6.54 Å². The summed E-state index contributed by atoms with van der Waals surface area (Å²) in [4.78, 5) is 0. The number of fused-ring (bicyclic) bond motifs is 3. The van der Waals surface area contributed by atoms with E-state index >= 15 is 0 Å². The molecule has 0 heterocycles. The molecule has 0 spiro atoms. The first kappa shape index (κ1) is 28.2. The first-order valence-corrected chi connectivity index (χ1v) is 12.6. The molecule has 2 aromatic rings. The van der Waals surface area contributed by atoms with E-state index in [9.17, 15) is 0 Å². The molecule has 0 bridgehead atoms. The van der Waals surface area contributed by atoms with Gasteiger partial charge >= 0.3 is 0 Å². The summed E-state index contributed by atoms with van der Waals surface area (Å²) < 4.78 is 0. The first-order chi connectivity index (χ1) is 14.9. The Morgan fingerprint density at radius 2 is 1.76 bits per heavy atom. The lowest BCUT2D eigenvalue weighted by Crippen LogP contribution is -2.50. The van der Waals surface area contributed by atoms with Gasteiger partial charge in [0, 0.05) is 12.6 Å². The van der Waals surface area contributed by atoms with Crippen LogP contribution >= 0.6 is 24.8 Å². The van der Waals surface area contributed by atoms with Gasteiger partial charge in [0.25, 0.3) is 0 Å². The van der Waals surface area contributed by atoms with E-state index in [2.05, 4.69) is 75.5 Å². The summed E-state index contributed by atoms with van der Waals surface area (Å²) >= 11 is 0. The maximum Gasteiger partial charge on any atom is 0.0180 e. The van der Waals surface area contributed by atoms with E-state index < -0.39 is 0 Å². The van der Waals surface area contributed by atoms with Gasteiger partial charge in [-0.25, -0.2) is 0 Å². The van der Waals surface area contributed by atoms with Crippen LogP contribution in [0.15, 0.2) is 42.5 Å². The minimum Gasteiger partial charge on any atom is -0.326 e. The van der Waals surface area contributed by atoms with Gasteiger partial charge in [0.15, 0.2) is 0 Å². The van der Waals surface area contributed by atoms with Crippen molar-refractivity contribution in [3.05, 3.63) is 70.3 Å². The Hall–Kier alpha value is -1.06. The number of benzene rings is 2. The summed E-state index contributed by atoms with van der Waals surface area (Å²) in [7, 11) is 0. The van der Waals surface area contributed by atoms with Gasteiger partial charge < -0.3 is 11.1 Å². The van der Waals surface area contributed by atoms with Crippen LogP contribution in [0.3, 0.4) is 0 Å². The van der Waals surface area contributed by atoms with E-state index in [1.54, 1.807) is 11.1 Å². The molecular weight excluding hydrogens is 447 g/mol. The lowest BCUT2D eigenvalue weighted by molar-refractivity contribution is 0.0831. The maximum absolute atomic E-state index is 5.93. The molecule has 1 fully saturated rings. The normalized spacial score (nSPS) is 24.8. The fourth-order valence-corrected chi connectivity index (χ4v) is 6.66. The highest BCUT2D eigenvalue weighted by Gasteiger charge is 2.47. The molecule has 184 valence electrons. The van der Waals surface area contributed by atoms with Gasteiger partial charge in [-0.05, 0) is 96.6 Å². The van der Waals surface area contributed by atoms with Crippen LogP contribution in [0.4, 0.5) is 0 Å². The predicted octanol–water partition coefficient (Wildman–Crippen LogP) is 6.95. The van der Waals surface area contributed by atoms with Crippen LogP contribution in [-0.4, -0.2) is 12.6 Å². The lowest BCUT2D eigenvalue weighted by Gasteiger charge is -2.52. The van der Waals surface area contributed by atoms with E-state index in [4.69, 9.17) is 5.73 Å². The zero-order valence-corrected chi connectivity index (χ0v) is 22.5. The van der Waals surface area contributed by atoms with E-state index in [-0.39, 0.29) is 24.8 Å². The summed E-state index contributed by atoms with van der Waals surface area (Å²) in [6.45, 7) is 11.3. The molecule has 2 nitrogen and oxygen atoms in total. The van der Waals surface area contributed by atoms with Crippen LogP contribution in [0.5, 0.6) is 0 Å². The number of hydrogen-bond donors (Lipinski definition) is 2. The summed E-state index contributed by atoms with van der Waals surface area (Å²) in [5, 5.41) is 3.91. The van der Waals surface area contributed by atoms with Crippen molar-refractivity contribution in [1.82, 2.24) is 5.32 Å². The van der Waals surface area contributed by atoms with E-state index in [1.807, 2.05) is 0 Å². The Balaban J connectivity index is 0.00000193. The van der Waals surface area contributed by atoms with Crippen molar-refractivity contribution in [3.8, 4) is 0 Å². The second-order valence-electron chi connectivity index (χ2n) is 10.7. The number of nitrogens with two attached hydrogens (primary N) is 1. The second kappa shape index (κ2) is 12.1. The third-order valence-corrected chi connectivity index (χ3v) is 8.55. The average Bonchev–Trinajstić information content (AvgIpc) is 2.78. The largest absolute Gasteiger partial charge is 0.326 e. The Bertz CT molecular complexity index is 897. The summed E-state index contributed by atoms with van der Waals surface area (Å²) in [5.41, 5.74) is 13.7. The summed E-state index contributed by atoms with van der Waals surface area (Å²) in [6.07, 6.45) is 7.73. The zero-order chi connectivity index (χ0) is 22.0. The quantitative estimate of drug-likeness (QED) is 0.440. The van der Waals surface area contributed by atoms with Crippen LogP contribution in [0.25, 0.3) is 0 Å². The number of rotatable bonds is 7. The van der Waals surface area contributed by atoms with E-state index in [0.717, 1.165) is 24.8 Å². The van der Waals surface area contributed by atoms with Crippen molar-refractivity contribution in [2.45, 2.75) is 90.1 Å². The summed E-state index contributed by atoms with van der Waals surface area (Å²) in [5.74, 6) is 2.17. The minimum atomic E-state index is 0. The number of hydrogen-bond acceptors (Lipinski definition) is 2. The Labute approximate surface area is 214 Å². The van der Waals surface area contributed by atoms with Crippen molar-refractivity contribution in [3.63, 3.8) is 0 Å². The molecule has 4 heteroatoms. The Kier molecular flexibility index (Phi) is 10.3. The molecule has 0 radical (unpaired) electrons. The Morgan fingerprint density at radius 1 is 1.03 bits per heavy atom. The van der Waals surface area contributed by atoms with Gasteiger partial charge in [-0.1, -0.05) is 69.7 Å². The molecule has 0 saturated heterocycles. The van der Waals surface area contributed by atoms with Crippen LogP contribution < -0.4 is 11.1 Å². The maximum atomic E-state index is 5.93. The van der Waals surface area contributed by atoms with Crippen LogP contribution in [-0.2, 0) is 24.8 Å². The van der Waals surface area contributed by atoms with Gasteiger partial charge in [0.05, 0.1) is 0 Å². The van der Waals surface area contributed by atoms with E-state index in [1.165, 1.54) is 48.8 Å². The highest BCUT2D eigenvalue weighted by Crippen LogP contribution is 2.53. The molecule has 4 unspecified atom stereocenters. The first-order valence-electron chi connectivity index (χ1n) is 12.6. The molecule has 0 amide bonds. The number of halogens is 2. The molecule has 4 atom stereocenters. The molecule has 0 aliphatic heterocycles. The third-order valence-electron chi connectivity index (χ3n) is 8.55. The van der Waals surface area contributed by atoms with Gasteiger partial charge in [-0.3, -0.25) is 0 Å². The molecule has 2 aliphatic rings. The number of aryl methyl sites for hydroxylation is 1. The Morgan fingerprint density at radius 3 is 2.45 bits per heavy atom. The molecule has 1 saturated carbocycles. The highest BCUT2D eigenvalue weighted by molar-refractivity contribution is 5.85. The summed E-state index contributed by atoms with van der Waals surface area (Å²) in [6, 6.07) is 16.6. The van der Waals surface area contributed by atoms with Crippen LogP contribution in [0.1, 0.15) is 87.1 Å².